The summed E-state index contributed by atoms with van der Waals surface area (Å²) in [5, 5.41) is 17.5. The molecule has 1 amide bonds. The van der Waals surface area contributed by atoms with Crippen molar-refractivity contribution in [3.8, 4) is 6.07 Å². The Kier molecular flexibility index (Phi) is 6.72. The molecule has 0 atom stereocenters. The van der Waals surface area contributed by atoms with E-state index in [0.29, 0.717) is 48.9 Å². The van der Waals surface area contributed by atoms with Crippen LogP contribution >= 0.6 is 0 Å². The number of nitriles is 1. The molecule has 0 aliphatic carbocycles. The van der Waals surface area contributed by atoms with Crippen LogP contribution in [0, 0.1) is 11.3 Å². The maximum atomic E-state index is 13.3. The Morgan fingerprint density at radius 3 is 2.74 bits per heavy atom. The van der Waals surface area contributed by atoms with E-state index in [9.17, 15) is 22.8 Å². The monoisotopic (exact) mass is 530 g/mol. The average Bonchev–Trinajstić information content (AvgIpc) is 3.50. The number of nitrogens with one attached hydrogen (secondary N) is 1. The predicted octanol–water partition coefficient (Wildman–Crippen LogP) is 1.91. The first-order valence-corrected chi connectivity index (χ1v) is 11.7. The highest BCUT2D eigenvalue weighted by Crippen LogP contribution is 2.32. The van der Waals surface area contributed by atoms with E-state index in [2.05, 4.69) is 21.3 Å². The van der Waals surface area contributed by atoms with Crippen molar-refractivity contribution in [2.45, 2.75) is 19.1 Å². The Labute approximate surface area is 212 Å². The number of nitrogens with zero attached hydrogens (tertiary/aromatic N) is 7. The Morgan fingerprint density at radius 2 is 2.00 bits per heavy atom. The lowest BCUT2D eigenvalue weighted by Gasteiger charge is -2.33. The fourth-order valence-electron chi connectivity index (χ4n) is 4.24. The van der Waals surface area contributed by atoms with Crippen molar-refractivity contribution in [2.24, 2.45) is 0 Å². The van der Waals surface area contributed by atoms with Gasteiger partial charge in [0.2, 0.25) is 5.91 Å². The lowest BCUT2D eigenvalue weighted by Crippen LogP contribution is -2.49. The van der Waals surface area contributed by atoms with Gasteiger partial charge >= 0.3 is 6.18 Å². The average molecular weight is 530 g/mol. The van der Waals surface area contributed by atoms with Gasteiger partial charge in [0, 0.05) is 26.2 Å². The summed E-state index contributed by atoms with van der Waals surface area (Å²) in [5.41, 5.74) is -0.646. The summed E-state index contributed by atoms with van der Waals surface area (Å²) in [7, 11) is 0. The predicted molar refractivity (Wildman–Crippen MR) is 126 cm³/mol. The fraction of sp³-hybridized carbons (Fsp3) is 0.391. The number of rotatable bonds is 7. The van der Waals surface area contributed by atoms with Gasteiger partial charge in [-0.1, -0.05) is 0 Å². The molecule has 1 fully saturated rings. The van der Waals surface area contributed by atoms with E-state index >= 15 is 0 Å². The number of H-pyrrole nitrogens is 1. The van der Waals surface area contributed by atoms with E-state index in [4.69, 9.17) is 14.4 Å². The van der Waals surface area contributed by atoms with Crippen LogP contribution in [0.25, 0.3) is 22.0 Å². The number of halogens is 3. The zero-order valence-electron chi connectivity index (χ0n) is 19.9. The van der Waals surface area contributed by atoms with Crippen LogP contribution in [0.5, 0.6) is 0 Å². The lowest BCUT2D eigenvalue weighted by atomic mass is 10.2. The van der Waals surface area contributed by atoms with Gasteiger partial charge in [-0.25, -0.2) is 5.10 Å². The molecule has 15 heteroatoms. The minimum Gasteiger partial charge on any atom is -0.423 e. The molecule has 1 aromatic carbocycles. The number of carbonyl (C=O) groups excluding carboxylic acids is 1. The Balaban J connectivity index is 1.09. The van der Waals surface area contributed by atoms with Crippen LogP contribution in [0.4, 0.5) is 19.2 Å². The summed E-state index contributed by atoms with van der Waals surface area (Å²) in [4.78, 5) is 32.5. The maximum Gasteiger partial charge on any atom is 0.435 e. The molecule has 0 saturated carbocycles. The molecule has 0 spiro atoms. The molecular weight excluding hydrogens is 509 g/mol. The Bertz CT molecular complexity index is 1580. The topological polar surface area (TPSA) is 146 Å². The van der Waals surface area contributed by atoms with Crippen LogP contribution < -0.4 is 10.5 Å². The Hall–Kier alpha value is -4.45. The van der Waals surface area contributed by atoms with Gasteiger partial charge in [0.25, 0.3) is 11.6 Å². The number of anilines is 1. The second kappa shape index (κ2) is 10.1. The highest BCUT2D eigenvalue weighted by atomic mass is 19.4. The molecule has 1 aliphatic rings. The molecule has 1 N–H and O–H groups in total. The minimum atomic E-state index is -4.80. The molecule has 12 nitrogen and oxygen atoms in total. The zero-order chi connectivity index (χ0) is 26.9. The Morgan fingerprint density at radius 1 is 1.21 bits per heavy atom. The summed E-state index contributed by atoms with van der Waals surface area (Å²) >= 11 is 0. The van der Waals surface area contributed by atoms with Crippen LogP contribution in [-0.4, -0.2) is 75.2 Å². The van der Waals surface area contributed by atoms with Gasteiger partial charge in [0.1, 0.15) is 10.9 Å². The summed E-state index contributed by atoms with van der Waals surface area (Å²) in [5.74, 6) is -0.111. The van der Waals surface area contributed by atoms with E-state index < -0.39 is 22.8 Å². The van der Waals surface area contributed by atoms with Crippen molar-refractivity contribution in [2.75, 3.05) is 44.3 Å². The molecule has 1 saturated heterocycles. The number of ether oxygens (including phenoxy) is 1. The van der Waals surface area contributed by atoms with Crippen molar-refractivity contribution < 1.29 is 27.1 Å². The minimum absolute atomic E-state index is 0.00677. The molecule has 0 unspecified atom stereocenters. The van der Waals surface area contributed by atoms with Crippen LogP contribution in [0.15, 0.2) is 33.6 Å². The SMILES string of the molecule is N#Cc1ccc2oc(N3CCN(C(=O)CCOCCn4nc(C(F)(F)F)c5c(=O)[nH]ncc54)CC3)nc2c1. The number of alkyl halides is 3. The standard InChI is InChI=1S/C23H21F3N8O4/c24-23(25,26)20-19-16(13-28-30-21(19)36)34(31-20)8-10-37-9-3-18(35)32-4-6-33(7-5-32)22-29-15-11-14(12-27)1-2-17(15)38-22/h1-2,11,13H,3-10H2,(H,30,36). The molecule has 4 heterocycles. The quantitative estimate of drug-likeness (QED) is 0.354. The molecule has 5 rings (SSSR count). The van der Waals surface area contributed by atoms with Crippen molar-refractivity contribution in [3.05, 3.63) is 46.0 Å². The number of oxazole rings is 1. The third-order valence-corrected chi connectivity index (χ3v) is 6.16. The normalized spacial score (nSPS) is 14.4. The number of aromatic nitrogens is 5. The third-order valence-electron chi connectivity index (χ3n) is 6.16. The van der Waals surface area contributed by atoms with E-state index in [1.54, 1.807) is 23.1 Å². The van der Waals surface area contributed by atoms with Gasteiger partial charge in [0.05, 0.1) is 49.5 Å². The van der Waals surface area contributed by atoms with E-state index in [1.165, 1.54) is 0 Å². The number of hydrogen-bond donors (Lipinski definition) is 1. The maximum absolute atomic E-state index is 13.3. The van der Waals surface area contributed by atoms with Crippen LogP contribution in [-0.2, 0) is 22.3 Å². The van der Waals surface area contributed by atoms with Gasteiger partial charge in [-0.15, -0.1) is 0 Å². The largest absolute Gasteiger partial charge is 0.435 e. The van der Waals surface area contributed by atoms with Crippen molar-refractivity contribution >= 4 is 33.9 Å². The van der Waals surface area contributed by atoms with Crippen LogP contribution in [0.2, 0.25) is 0 Å². The number of benzene rings is 1. The first-order chi connectivity index (χ1) is 18.2. The van der Waals surface area contributed by atoms with E-state index in [1.807, 2.05) is 10.00 Å². The number of hydrogen-bond acceptors (Lipinski definition) is 9. The van der Waals surface area contributed by atoms with Gasteiger partial charge in [0.15, 0.2) is 11.3 Å². The van der Waals surface area contributed by atoms with E-state index in [0.717, 1.165) is 10.9 Å². The highest BCUT2D eigenvalue weighted by molar-refractivity contribution is 5.80. The molecule has 0 radical (unpaired) electrons. The second-order valence-electron chi connectivity index (χ2n) is 8.55. The summed E-state index contributed by atoms with van der Waals surface area (Å²) in [6, 6.07) is 7.51. The summed E-state index contributed by atoms with van der Waals surface area (Å²) in [6.07, 6.45) is -3.59. The summed E-state index contributed by atoms with van der Waals surface area (Å²) < 4.78 is 52.1. The molecule has 3 aromatic heterocycles. The van der Waals surface area contributed by atoms with E-state index in [-0.39, 0.29) is 37.6 Å². The van der Waals surface area contributed by atoms with Crippen molar-refractivity contribution in [1.29, 1.82) is 5.26 Å². The molecule has 1 aliphatic heterocycles. The van der Waals surface area contributed by atoms with Gasteiger partial charge in [-0.05, 0) is 18.2 Å². The summed E-state index contributed by atoms with van der Waals surface area (Å²) in [6.45, 7) is 1.98. The van der Waals surface area contributed by atoms with Gasteiger partial charge in [-0.3, -0.25) is 14.3 Å². The number of carbonyl (C=O) groups is 1. The number of aromatic amines is 1. The molecule has 4 aromatic rings. The first kappa shape index (κ1) is 25.2. The highest BCUT2D eigenvalue weighted by Gasteiger charge is 2.38. The first-order valence-electron chi connectivity index (χ1n) is 11.7. The second-order valence-corrected chi connectivity index (χ2v) is 8.55. The number of fused-ring (bicyclic) bond motifs is 2. The zero-order valence-corrected chi connectivity index (χ0v) is 19.9. The van der Waals surface area contributed by atoms with Crippen LogP contribution in [0.3, 0.4) is 0 Å². The van der Waals surface area contributed by atoms with Gasteiger partial charge < -0.3 is 19.0 Å². The van der Waals surface area contributed by atoms with Crippen molar-refractivity contribution in [3.63, 3.8) is 0 Å². The van der Waals surface area contributed by atoms with Crippen molar-refractivity contribution in [1.82, 2.24) is 29.9 Å². The number of amides is 1. The third kappa shape index (κ3) is 5.02. The lowest BCUT2D eigenvalue weighted by molar-refractivity contribution is -0.140. The van der Waals surface area contributed by atoms with Crippen LogP contribution in [0.1, 0.15) is 17.7 Å². The number of piperazine rings is 1. The molecule has 0 bridgehead atoms. The molecule has 38 heavy (non-hydrogen) atoms. The molecular formula is C23H21F3N8O4. The van der Waals surface area contributed by atoms with Gasteiger partial charge in [-0.2, -0.15) is 33.6 Å². The molecule has 198 valence electrons. The smallest absolute Gasteiger partial charge is 0.423 e. The fourth-order valence-corrected chi connectivity index (χ4v) is 4.24.